The lowest BCUT2D eigenvalue weighted by Crippen LogP contribution is -1.96. The van der Waals surface area contributed by atoms with Gasteiger partial charge in [0.2, 0.25) is 12.3 Å². The van der Waals surface area contributed by atoms with Crippen molar-refractivity contribution < 1.29 is 4.42 Å². The Balaban J connectivity index is 1.65. The molecule has 1 aromatic carbocycles. The van der Waals surface area contributed by atoms with E-state index in [0.29, 0.717) is 18.0 Å². The number of hydrogen-bond donors (Lipinski definition) is 1. The Hall–Kier alpha value is -2.65. The number of thiophene rings is 1. The maximum absolute atomic E-state index is 8.77. The summed E-state index contributed by atoms with van der Waals surface area (Å²) < 4.78 is 5.13. The zero-order valence-corrected chi connectivity index (χ0v) is 11.2. The molecule has 0 aliphatic rings. The zero-order chi connectivity index (χ0) is 13.8. The van der Waals surface area contributed by atoms with E-state index in [4.69, 9.17) is 9.68 Å². The van der Waals surface area contributed by atoms with Crippen molar-refractivity contribution >= 4 is 17.0 Å². The quantitative estimate of drug-likeness (QED) is 0.794. The third-order valence-electron chi connectivity index (χ3n) is 2.74. The second-order valence-electron chi connectivity index (χ2n) is 4.09. The van der Waals surface area contributed by atoms with E-state index in [1.165, 1.54) is 6.39 Å². The highest BCUT2D eigenvalue weighted by molar-refractivity contribution is 7.10. The smallest absolute Gasteiger partial charge is 0.247 e. The molecule has 0 radical (unpaired) electrons. The molecule has 6 heteroatoms. The molecule has 0 unspecified atom stereocenters. The number of hydrogen-bond acceptors (Lipinski definition) is 6. The summed E-state index contributed by atoms with van der Waals surface area (Å²) in [6.07, 6.45) is 1.31. The molecular weight excluding hydrogens is 272 g/mol. The summed E-state index contributed by atoms with van der Waals surface area (Å²) in [7, 11) is 0. The third-order valence-corrected chi connectivity index (χ3v) is 3.68. The molecule has 0 aliphatic heterocycles. The average molecular weight is 282 g/mol. The van der Waals surface area contributed by atoms with Gasteiger partial charge in [-0.1, -0.05) is 0 Å². The van der Waals surface area contributed by atoms with Crippen molar-refractivity contribution in [3.63, 3.8) is 0 Å². The highest BCUT2D eigenvalue weighted by atomic mass is 32.1. The van der Waals surface area contributed by atoms with Crippen molar-refractivity contribution in [2.45, 2.75) is 6.54 Å². The van der Waals surface area contributed by atoms with Crippen LogP contribution in [-0.4, -0.2) is 10.2 Å². The van der Waals surface area contributed by atoms with Gasteiger partial charge in [-0.3, -0.25) is 0 Å². The Morgan fingerprint density at radius 3 is 2.80 bits per heavy atom. The first-order valence-electron chi connectivity index (χ1n) is 5.93. The molecule has 0 fully saturated rings. The Labute approximate surface area is 119 Å². The highest BCUT2D eigenvalue weighted by Gasteiger charge is 2.03. The SMILES string of the molecule is N#Cc1csc(CNc2ccc(-c3nnco3)cc2)c1. The monoisotopic (exact) mass is 282 g/mol. The third kappa shape index (κ3) is 2.68. The first kappa shape index (κ1) is 12.4. The van der Waals surface area contributed by atoms with Gasteiger partial charge in [0.25, 0.3) is 0 Å². The van der Waals surface area contributed by atoms with Crippen LogP contribution in [0.3, 0.4) is 0 Å². The lowest BCUT2D eigenvalue weighted by Gasteiger charge is -2.04. The summed E-state index contributed by atoms with van der Waals surface area (Å²) >= 11 is 1.58. The van der Waals surface area contributed by atoms with Gasteiger partial charge < -0.3 is 9.73 Å². The fourth-order valence-electron chi connectivity index (χ4n) is 1.75. The Bertz CT molecular complexity index is 725. The number of rotatable bonds is 4. The molecule has 0 saturated heterocycles. The van der Waals surface area contributed by atoms with Crippen molar-refractivity contribution in [1.29, 1.82) is 5.26 Å². The average Bonchev–Trinajstić information content (AvgIpc) is 3.17. The summed E-state index contributed by atoms with van der Waals surface area (Å²) in [6.45, 7) is 0.701. The number of nitrogens with one attached hydrogen (secondary N) is 1. The van der Waals surface area contributed by atoms with Gasteiger partial charge in [-0.15, -0.1) is 21.5 Å². The van der Waals surface area contributed by atoms with Gasteiger partial charge in [-0.25, -0.2) is 0 Å². The van der Waals surface area contributed by atoms with Crippen LogP contribution in [0.15, 0.2) is 46.5 Å². The predicted octanol–water partition coefficient (Wildman–Crippen LogP) is 3.28. The normalized spacial score (nSPS) is 10.2. The van der Waals surface area contributed by atoms with Crippen LogP contribution in [-0.2, 0) is 6.54 Å². The molecule has 1 N–H and O–H groups in total. The second-order valence-corrected chi connectivity index (χ2v) is 5.08. The van der Waals surface area contributed by atoms with E-state index in [1.807, 2.05) is 35.7 Å². The van der Waals surface area contributed by atoms with Crippen molar-refractivity contribution in [2.75, 3.05) is 5.32 Å². The van der Waals surface area contributed by atoms with Crippen molar-refractivity contribution in [1.82, 2.24) is 10.2 Å². The number of nitrogens with zero attached hydrogens (tertiary/aromatic N) is 3. The molecule has 0 bridgehead atoms. The predicted molar refractivity (Wildman–Crippen MR) is 76.1 cm³/mol. The fraction of sp³-hybridized carbons (Fsp3) is 0.0714. The van der Waals surface area contributed by atoms with Crippen LogP contribution < -0.4 is 5.32 Å². The van der Waals surface area contributed by atoms with E-state index in [0.717, 1.165) is 16.1 Å². The van der Waals surface area contributed by atoms with Gasteiger partial charge in [0.05, 0.1) is 5.56 Å². The van der Waals surface area contributed by atoms with E-state index in [-0.39, 0.29) is 0 Å². The molecular formula is C14H10N4OS. The Morgan fingerprint density at radius 2 is 2.15 bits per heavy atom. The maximum atomic E-state index is 8.77. The molecule has 0 spiro atoms. The first-order valence-corrected chi connectivity index (χ1v) is 6.81. The minimum atomic E-state index is 0.508. The molecule has 98 valence electrons. The lowest BCUT2D eigenvalue weighted by molar-refractivity contribution is 0.568. The standard InChI is InChI=1S/C14H10N4OS/c15-6-10-5-13(20-8-10)7-16-12-3-1-11(2-4-12)14-18-17-9-19-14/h1-5,8-9,16H,7H2. The summed E-state index contributed by atoms with van der Waals surface area (Å²) in [5.41, 5.74) is 2.59. The zero-order valence-electron chi connectivity index (χ0n) is 10.4. The van der Waals surface area contributed by atoms with Crippen molar-refractivity contribution in [3.8, 4) is 17.5 Å². The van der Waals surface area contributed by atoms with E-state index >= 15 is 0 Å². The molecule has 0 saturated carbocycles. The summed E-state index contributed by atoms with van der Waals surface area (Å²) in [6, 6.07) is 11.8. The molecule has 3 aromatic rings. The van der Waals surface area contributed by atoms with Crippen LogP contribution in [0.25, 0.3) is 11.5 Å². The van der Waals surface area contributed by atoms with Gasteiger partial charge in [-0.05, 0) is 30.3 Å². The summed E-state index contributed by atoms with van der Waals surface area (Å²) in [5.74, 6) is 0.508. The summed E-state index contributed by atoms with van der Waals surface area (Å²) in [4.78, 5) is 1.13. The molecule has 5 nitrogen and oxygen atoms in total. The van der Waals surface area contributed by atoms with Crippen LogP contribution in [0, 0.1) is 11.3 Å². The molecule has 2 aromatic heterocycles. The molecule has 3 rings (SSSR count). The van der Waals surface area contributed by atoms with Crippen LogP contribution in [0.1, 0.15) is 10.4 Å². The fourth-order valence-corrected chi connectivity index (χ4v) is 2.50. The van der Waals surface area contributed by atoms with E-state index in [1.54, 1.807) is 11.3 Å². The number of aromatic nitrogens is 2. The largest absolute Gasteiger partial charge is 0.423 e. The van der Waals surface area contributed by atoms with E-state index in [2.05, 4.69) is 21.6 Å². The second kappa shape index (κ2) is 5.55. The topological polar surface area (TPSA) is 74.7 Å². The molecule has 0 amide bonds. The van der Waals surface area contributed by atoms with Crippen molar-refractivity contribution in [2.24, 2.45) is 0 Å². The van der Waals surface area contributed by atoms with Gasteiger partial charge in [0, 0.05) is 28.1 Å². The molecule has 0 atom stereocenters. The van der Waals surface area contributed by atoms with Gasteiger partial charge in [-0.2, -0.15) is 5.26 Å². The lowest BCUT2D eigenvalue weighted by atomic mass is 10.2. The van der Waals surface area contributed by atoms with Crippen LogP contribution in [0.4, 0.5) is 5.69 Å². The van der Waals surface area contributed by atoms with Gasteiger partial charge >= 0.3 is 0 Å². The highest BCUT2D eigenvalue weighted by Crippen LogP contribution is 2.20. The maximum Gasteiger partial charge on any atom is 0.247 e. The molecule has 20 heavy (non-hydrogen) atoms. The van der Waals surface area contributed by atoms with Crippen LogP contribution in [0.5, 0.6) is 0 Å². The van der Waals surface area contributed by atoms with Crippen LogP contribution >= 0.6 is 11.3 Å². The minimum absolute atomic E-state index is 0.508. The van der Waals surface area contributed by atoms with Gasteiger partial charge in [0.15, 0.2) is 0 Å². The van der Waals surface area contributed by atoms with Crippen molar-refractivity contribution in [3.05, 3.63) is 52.5 Å². The van der Waals surface area contributed by atoms with E-state index in [9.17, 15) is 0 Å². The molecule has 0 aliphatic carbocycles. The van der Waals surface area contributed by atoms with Crippen LogP contribution in [0.2, 0.25) is 0 Å². The first-order chi connectivity index (χ1) is 9.85. The molecule has 2 heterocycles. The minimum Gasteiger partial charge on any atom is -0.423 e. The van der Waals surface area contributed by atoms with E-state index < -0.39 is 0 Å². The Morgan fingerprint density at radius 1 is 1.30 bits per heavy atom. The van der Waals surface area contributed by atoms with Gasteiger partial charge in [0.1, 0.15) is 6.07 Å². The number of benzene rings is 1. The number of anilines is 1. The Kier molecular flexibility index (Phi) is 3.44. The summed E-state index contributed by atoms with van der Waals surface area (Å²) in [5, 5.41) is 21.4. The number of nitriles is 1.